The standard InChI is InChI=1S/C38H23N/c1-2-13-27-25(11-1)26-12-3-4-14-28(26)34-23-24(21-22-30(27)34)37-33-18-8-10-20-36(33)39-35-19-9-7-16-31(35)29-15-5-6-17-32(29)38(37)39/h1-23H. The smallest absolute Gasteiger partial charge is 0.0625 e. The summed E-state index contributed by atoms with van der Waals surface area (Å²) in [7, 11) is 0. The minimum Gasteiger partial charge on any atom is -0.308 e. The number of para-hydroxylation sites is 2. The number of hydrogen-bond donors (Lipinski definition) is 0. The first kappa shape index (κ1) is 20.9. The van der Waals surface area contributed by atoms with E-state index in [1.165, 1.54) is 81.5 Å². The lowest BCUT2D eigenvalue weighted by Crippen LogP contribution is -1.91. The van der Waals surface area contributed by atoms with Crippen molar-refractivity contribution in [2.45, 2.75) is 0 Å². The highest BCUT2D eigenvalue weighted by atomic mass is 14.9. The van der Waals surface area contributed by atoms with Crippen LogP contribution in [-0.4, -0.2) is 4.40 Å². The van der Waals surface area contributed by atoms with E-state index in [-0.39, 0.29) is 0 Å². The number of nitrogens with zero attached hydrogens (tertiary/aromatic N) is 1. The highest BCUT2D eigenvalue weighted by Crippen LogP contribution is 2.44. The van der Waals surface area contributed by atoms with E-state index in [1.54, 1.807) is 0 Å². The van der Waals surface area contributed by atoms with Crippen molar-refractivity contribution in [1.29, 1.82) is 0 Å². The monoisotopic (exact) mass is 493 g/mol. The molecule has 0 aliphatic carbocycles. The molecule has 1 nitrogen and oxygen atoms in total. The van der Waals surface area contributed by atoms with Crippen LogP contribution < -0.4 is 0 Å². The fourth-order valence-electron chi connectivity index (χ4n) is 6.92. The van der Waals surface area contributed by atoms with E-state index in [0.717, 1.165) is 0 Å². The lowest BCUT2D eigenvalue weighted by molar-refractivity contribution is 1.35. The molecule has 0 aliphatic heterocycles. The average molecular weight is 494 g/mol. The summed E-state index contributed by atoms with van der Waals surface area (Å²) in [5.41, 5.74) is 6.31. The van der Waals surface area contributed by atoms with Crippen LogP contribution in [0.15, 0.2) is 140 Å². The quantitative estimate of drug-likeness (QED) is 0.200. The molecule has 0 aliphatic rings. The number of benzene rings is 7. The molecular formula is C38H23N. The average Bonchev–Trinajstić information content (AvgIpc) is 3.37. The molecule has 0 saturated heterocycles. The fourth-order valence-corrected chi connectivity index (χ4v) is 6.92. The Morgan fingerprint density at radius 3 is 1.33 bits per heavy atom. The number of fused-ring (bicyclic) bond motifs is 14. The Bertz CT molecular complexity index is 2410. The summed E-state index contributed by atoms with van der Waals surface area (Å²) in [5, 5.41) is 13.0. The Labute approximate surface area is 225 Å². The van der Waals surface area contributed by atoms with Crippen LogP contribution in [0.5, 0.6) is 0 Å². The Morgan fingerprint density at radius 1 is 0.308 bits per heavy atom. The second kappa shape index (κ2) is 7.69. The maximum atomic E-state index is 2.48. The summed E-state index contributed by atoms with van der Waals surface area (Å²) < 4.78 is 2.48. The van der Waals surface area contributed by atoms with Crippen LogP contribution in [0.3, 0.4) is 0 Å². The van der Waals surface area contributed by atoms with E-state index in [0.29, 0.717) is 0 Å². The zero-order valence-electron chi connectivity index (χ0n) is 21.2. The topological polar surface area (TPSA) is 4.41 Å². The zero-order valence-corrected chi connectivity index (χ0v) is 21.2. The van der Waals surface area contributed by atoms with Crippen LogP contribution in [0.25, 0.3) is 81.5 Å². The van der Waals surface area contributed by atoms with Gasteiger partial charge in [0.25, 0.3) is 0 Å². The van der Waals surface area contributed by atoms with Gasteiger partial charge in [-0.25, -0.2) is 0 Å². The van der Waals surface area contributed by atoms with E-state index in [1.807, 2.05) is 0 Å². The van der Waals surface area contributed by atoms with E-state index in [9.17, 15) is 0 Å². The number of aromatic nitrogens is 1. The molecule has 1 heteroatoms. The van der Waals surface area contributed by atoms with Crippen molar-refractivity contribution in [3.63, 3.8) is 0 Å². The van der Waals surface area contributed by atoms with Crippen LogP contribution >= 0.6 is 0 Å². The Morgan fingerprint density at radius 2 is 0.718 bits per heavy atom. The Hall–Kier alpha value is -5.14. The Balaban J connectivity index is 1.52. The third-order valence-electron chi connectivity index (χ3n) is 8.52. The predicted molar refractivity (Wildman–Crippen MR) is 168 cm³/mol. The summed E-state index contributed by atoms with van der Waals surface area (Å²) in [6, 6.07) is 51.2. The van der Waals surface area contributed by atoms with Gasteiger partial charge in [-0.05, 0) is 61.5 Å². The molecule has 0 spiro atoms. The molecule has 0 amide bonds. The molecule has 0 fully saturated rings. The SMILES string of the molecule is c1ccc2c(c1)c(-c1ccc3c4ccccc4c4ccccc4c3c1)c1c3ccccc3c3ccccc3n21. The third kappa shape index (κ3) is 2.74. The summed E-state index contributed by atoms with van der Waals surface area (Å²) in [5.74, 6) is 0. The van der Waals surface area contributed by atoms with Gasteiger partial charge in [0, 0.05) is 21.7 Å². The highest BCUT2D eigenvalue weighted by Gasteiger charge is 2.19. The van der Waals surface area contributed by atoms with Gasteiger partial charge in [-0.15, -0.1) is 0 Å². The van der Waals surface area contributed by atoms with Crippen molar-refractivity contribution in [3.05, 3.63) is 140 Å². The molecule has 9 aromatic rings. The molecule has 7 aromatic carbocycles. The van der Waals surface area contributed by atoms with Crippen molar-refractivity contribution in [2.75, 3.05) is 0 Å². The molecule has 39 heavy (non-hydrogen) atoms. The summed E-state index contributed by atoms with van der Waals surface area (Å²) in [6.07, 6.45) is 0. The van der Waals surface area contributed by atoms with Crippen molar-refractivity contribution in [3.8, 4) is 11.1 Å². The van der Waals surface area contributed by atoms with Crippen molar-refractivity contribution >= 4 is 70.4 Å². The second-order valence-corrected chi connectivity index (χ2v) is 10.5. The normalized spacial score (nSPS) is 12.1. The van der Waals surface area contributed by atoms with Gasteiger partial charge in [0.05, 0.1) is 16.6 Å². The maximum absolute atomic E-state index is 2.48. The molecule has 0 saturated carbocycles. The van der Waals surface area contributed by atoms with Crippen LogP contribution in [0.1, 0.15) is 0 Å². The molecule has 2 heterocycles. The molecule has 0 bridgehead atoms. The molecule has 0 radical (unpaired) electrons. The summed E-state index contributed by atoms with van der Waals surface area (Å²) in [4.78, 5) is 0. The maximum Gasteiger partial charge on any atom is 0.0625 e. The first-order valence-electron chi connectivity index (χ1n) is 13.5. The minimum atomic E-state index is 1.24. The third-order valence-corrected chi connectivity index (χ3v) is 8.52. The van der Waals surface area contributed by atoms with E-state index in [2.05, 4.69) is 144 Å². The lowest BCUT2D eigenvalue weighted by Gasteiger charge is -2.13. The van der Waals surface area contributed by atoms with E-state index >= 15 is 0 Å². The number of rotatable bonds is 1. The number of pyridine rings is 1. The van der Waals surface area contributed by atoms with Crippen molar-refractivity contribution in [1.82, 2.24) is 4.40 Å². The molecule has 0 unspecified atom stereocenters. The minimum absolute atomic E-state index is 1.24. The van der Waals surface area contributed by atoms with E-state index in [4.69, 9.17) is 0 Å². The summed E-state index contributed by atoms with van der Waals surface area (Å²) >= 11 is 0. The highest BCUT2D eigenvalue weighted by molar-refractivity contribution is 6.27. The van der Waals surface area contributed by atoms with Gasteiger partial charge in [0.2, 0.25) is 0 Å². The largest absolute Gasteiger partial charge is 0.308 e. The molecule has 9 rings (SSSR count). The molecule has 0 N–H and O–H groups in total. The van der Waals surface area contributed by atoms with Gasteiger partial charge in [-0.2, -0.15) is 0 Å². The van der Waals surface area contributed by atoms with Gasteiger partial charge >= 0.3 is 0 Å². The van der Waals surface area contributed by atoms with Gasteiger partial charge < -0.3 is 4.40 Å². The van der Waals surface area contributed by atoms with Crippen molar-refractivity contribution < 1.29 is 0 Å². The van der Waals surface area contributed by atoms with Gasteiger partial charge in [0.1, 0.15) is 0 Å². The summed E-state index contributed by atoms with van der Waals surface area (Å²) in [6.45, 7) is 0. The number of hydrogen-bond acceptors (Lipinski definition) is 0. The molecule has 180 valence electrons. The van der Waals surface area contributed by atoms with Gasteiger partial charge in [-0.3, -0.25) is 0 Å². The van der Waals surface area contributed by atoms with Gasteiger partial charge in [-0.1, -0.05) is 121 Å². The van der Waals surface area contributed by atoms with Crippen LogP contribution in [0, 0.1) is 0 Å². The fraction of sp³-hybridized carbons (Fsp3) is 0. The first-order valence-corrected chi connectivity index (χ1v) is 13.5. The van der Waals surface area contributed by atoms with E-state index < -0.39 is 0 Å². The van der Waals surface area contributed by atoms with Gasteiger partial charge in [0.15, 0.2) is 0 Å². The van der Waals surface area contributed by atoms with Crippen molar-refractivity contribution in [2.24, 2.45) is 0 Å². The molecular weight excluding hydrogens is 470 g/mol. The molecule has 2 aromatic heterocycles. The molecule has 0 atom stereocenters. The second-order valence-electron chi connectivity index (χ2n) is 10.5. The Kier molecular flexibility index (Phi) is 4.11. The van der Waals surface area contributed by atoms with Crippen LogP contribution in [0.4, 0.5) is 0 Å². The predicted octanol–water partition coefficient (Wildman–Crippen LogP) is 10.5. The lowest BCUT2D eigenvalue weighted by atomic mass is 9.91. The first-order chi connectivity index (χ1) is 19.4. The van der Waals surface area contributed by atoms with Crippen LogP contribution in [0.2, 0.25) is 0 Å². The zero-order chi connectivity index (χ0) is 25.5. The van der Waals surface area contributed by atoms with Crippen LogP contribution in [-0.2, 0) is 0 Å².